The van der Waals surface area contributed by atoms with E-state index in [1.54, 1.807) is 0 Å². The molecular formula is C14H20N2O2. The van der Waals surface area contributed by atoms with E-state index in [0.717, 1.165) is 24.8 Å². The van der Waals surface area contributed by atoms with Gasteiger partial charge in [0.1, 0.15) is 0 Å². The van der Waals surface area contributed by atoms with Crippen molar-refractivity contribution >= 4 is 6.03 Å². The summed E-state index contributed by atoms with van der Waals surface area (Å²) in [6.07, 6.45) is 3.60. The van der Waals surface area contributed by atoms with Crippen LogP contribution in [0.3, 0.4) is 0 Å². The van der Waals surface area contributed by atoms with Crippen LogP contribution < -0.4 is 10.6 Å². The molecule has 1 atom stereocenters. The molecule has 2 rings (SSSR count). The van der Waals surface area contributed by atoms with Crippen molar-refractivity contribution in [1.29, 1.82) is 0 Å². The van der Waals surface area contributed by atoms with Gasteiger partial charge in [-0.05, 0) is 31.2 Å². The number of urea groups is 1. The van der Waals surface area contributed by atoms with E-state index in [1.165, 1.54) is 0 Å². The second-order valence-corrected chi connectivity index (χ2v) is 4.72. The minimum Gasteiger partial charge on any atom is -0.396 e. The molecule has 98 valence electrons. The fourth-order valence-corrected chi connectivity index (χ4v) is 1.92. The summed E-state index contributed by atoms with van der Waals surface area (Å²) in [7, 11) is 0. The van der Waals surface area contributed by atoms with E-state index in [2.05, 4.69) is 10.6 Å². The van der Waals surface area contributed by atoms with E-state index in [0.29, 0.717) is 12.5 Å². The normalized spacial score (nSPS) is 16.1. The molecule has 3 N–H and O–H groups in total. The summed E-state index contributed by atoms with van der Waals surface area (Å²) in [5, 5.41) is 14.8. The fraction of sp³-hybridized carbons (Fsp3) is 0.500. The Bertz CT molecular complexity index is 377. The third-order valence-electron chi connectivity index (χ3n) is 3.07. The van der Waals surface area contributed by atoms with Gasteiger partial charge in [0.25, 0.3) is 0 Å². The fourth-order valence-electron chi connectivity index (χ4n) is 1.92. The Morgan fingerprint density at radius 3 is 2.67 bits per heavy atom. The second-order valence-electron chi connectivity index (χ2n) is 4.72. The van der Waals surface area contributed by atoms with Gasteiger partial charge in [0, 0.05) is 12.6 Å². The largest absolute Gasteiger partial charge is 0.396 e. The number of hydrogen-bond donors (Lipinski definition) is 3. The Morgan fingerprint density at radius 2 is 2.06 bits per heavy atom. The number of amides is 2. The van der Waals surface area contributed by atoms with Gasteiger partial charge in [-0.1, -0.05) is 30.3 Å². The van der Waals surface area contributed by atoms with Crippen molar-refractivity contribution in [2.45, 2.75) is 37.8 Å². The number of carbonyl (C=O) groups is 1. The van der Waals surface area contributed by atoms with Crippen LogP contribution in [-0.4, -0.2) is 23.8 Å². The topological polar surface area (TPSA) is 61.4 Å². The molecule has 0 radical (unpaired) electrons. The lowest BCUT2D eigenvalue weighted by atomic mass is 10.0. The van der Waals surface area contributed by atoms with Crippen LogP contribution >= 0.6 is 0 Å². The highest BCUT2D eigenvalue weighted by atomic mass is 16.3. The number of rotatable bonds is 6. The van der Waals surface area contributed by atoms with Gasteiger partial charge in [0.05, 0.1) is 6.04 Å². The smallest absolute Gasteiger partial charge is 0.315 e. The summed E-state index contributed by atoms with van der Waals surface area (Å²) in [6, 6.07) is 10.1. The van der Waals surface area contributed by atoms with Gasteiger partial charge >= 0.3 is 6.03 Å². The Labute approximate surface area is 107 Å². The highest BCUT2D eigenvalue weighted by Gasteiger charge is 2.24. The van der Waals surface area contributed by atoms with E-state index in [1.807, 2.05) is 30.3 Å². The number of nitrogens with one attached hydrogen (secondary N) is 2. The molecule has 0 spiro atoms. The average Bonchev–Trinajstić information content (AvgIpc) is 3.19. The van der Waals surface area contributed by atoms with E-state index in [4.69, 9.17) is 5.11 Å². The van der Waals surface area contributed by atoms with Crippen molar-refractivity contribution in [3.8, 4) is 0 Å². The summed E-state index contributed by atoms with van der Waals surface area (Å²) in [5.74, 6) is 0. The summed E-state index contributed by atoms with van der Waals surface area (Å²) >= 11 is 0. The maximum atomic E-state index is 11.8. The van der Waals surface area contributed by atoms with Crippen LogP contribution in [0.15, 0.2) is 30.3 Å². The lowest BCUT2D eigenvalue weighted by Crippen LogP contribution is -2.39. The van der Waals surface area contributed by atoms with Crippen LogP contribution in [0, 0.1) is 0 Å². The summed E-state index contributed by atoms with van der Waals surface area (Å²) in [6.45, 7) is 0.148. The van der Waals surface area contributed by atoms with Crippen molar-refractivity contribution in [2.24, 2.45) is 0 Å². The maximum Gasteiger partial charge on any atom is 0.315 e. The van der Waals surface area contributed by atoms with Crippen LogP contribution in [0.2, 0.25) is 0 Å². The van der Waals surface area contributed by atoms with Crippen molar-refractivity contribution < 1.29 is 9.90 Å². The van der Waals surface area contributed by atoms with Gasteiger partial charge in [-0.2, -0.15) is 0 Å². The van der Waals surface area contributed by atoms with Gasteiger partial charge in [0.2, 0.25) is 0 Å². The first-order valence-corrected chi connectivity index (χ1v) is 6.52. The molecule has 1 aromatic rings. The molecule has 2 amide bonds. The van der Waals surface area contributed by atoms with Crippen LogP contribution in [0.5, 0.6) is 0 Å². The van der Waals surface area contributed by atoms with E-state index >= 15 is 0 Å². The third-order valence-corrected chi connectivity index (χ3v) is 3.07. The monoisotopic (exact) mass is 248 g/mol. The molecule has 1 saturated carbocycles. The van der Waals surface area contributed by atoms with Crippen molar-refractivity contribution in [1.82, 2.24) is 10.6 Å². The summed E-state index contributed by atoms with van der Waals surface area (Å²) in [5.41, 5.74) is 1.08. The Balaban J connectivity index is 1.93. The zero-order valence-corrected chi connectivity index (χ0v) is 10.4. The van der Waals surface area contributed by atoms with Crippen molar-refractivity contribution in [3.05, 3.63) is 35.9 Å². The van der Waals surface area contributed by atoms with E-state index in [-0.39, 0.29) is 18.7 Å². The third kappa shape index (κ3) is 4.04. The van der Waals surface area contributed by atoms with Crippen molar-refractivity contribution in [3.63, 3.8) is 0 Å². The molecule has 0 aromatic heterocycles. The zero-order valence-electron chi connectivity index (χ0n) is 10.4. The molecule has 1 fully saturated rings. The number of benzene rings is 1. The van der Waals surface area contributed by atoms with E-state index in [9.17, 15) is 4.79 Å². The first-order valence-electron chi connectivity index (χ1n) is 6.52. The Morgan fingerprint density at radius 1 is 1.33 bits per heavy atom. The molecule has 0 heterocycles. The van der Waals surface area contributed by atoms with Gasteiger partial charge in [-0.15, -0.1) is 0 Å². The standard InChI is InChI=1S/C14H20N2O2/c17-10-4-7-13(11-5-2-1-3-6-11)16-14(18)15-12-8-9-12/h1-3,5-6,12-13,17H,4,7-10H2,(H2,15,16,18). The Kier molecular flexibility index (Phi) is 4.59. The second kappa shape index (κ2) is 6.40. The molecule has 4 heteroatoms. The van der Waals surface area contributed by atoms with Crippen LogP contribution in [0.1, 0.15) is 37.3 Å². The lowest BCUT2D eigenvalue weighted by molar-refractivity contribution is 0.232. The molecular weight excluding hydrogens is 228 g/mol. The molecule has 0 saturated heterocycles. The zero-order chi connectivity index (χ0) is 12.8. The number of aliphatic hydroxyl groups excluding tert-OH is 1. The minimum absolute atomic E-state index is 0.0305. The van der Waals surface area contributed by atoms with Crippen LogP contribution in [0.4, 0.5) is 4.79 Å². The molecule has 1 aliphatic carbocycles. The number of carbonyl (C=O) groups excluding carboxylic acids is 1. The molecule has 4 nitrogen and oxygen atoms in total. The quantitative estimate of drug-likeness (QED) is 0.720. The summed E-state index contributed by atoms with van der Waals surface area (Å²) < 4.78 is 0. The maximum absolute atomic E-state index is 11.8. The van der Waals surface area contributed by atoms with Crippen molar-refractivity contribution in [2.75, 3.05) is 6.61 Å². The molecule has 1 unspecified atom stereocenters. The van der Waals surface area contributed by atoms with Crippen LogP contribution in [-0.2, 0) is 0 Å². The highest BCUT2D eigenvalue weighted by molar-refractivity contribution is 5.75. The van der Waals surface area contributed by atoms with E-state index < -0.39 is 0 Å². The van der Waals surface area contributed by atoms with Crippen LogP contribution in [0.25, 0.3) is 0 Å². The Hall–Kier alpha value is -1.55. The highest BCUT2D eigenvalue weighted by Crippen LogP contribution is 2.20. The number of hydrogen-bond acceptors (Lipinski definition) is 2. The molecule has 0 aliphatic heterocycles. The number of aliphatic hydroxyl groups is 1. The van der Waals surface area contributed by atoms with Gasteiger partial charge in [-0.25, -0.2) is 4.79 Å². The lowest BCUT2D eigenvalue weighted by Gasteiger charge is -2.19. The average molecular weight is 248 g/mol. The first-order chi connectivity index (χ1) is 8.79. The van der Waals surface area contributed by atoms with Gasteiger partial charge in [-0.3, -0.25) is 0 Å². The van der Waals surface area contributed by atoms with Gasteiger partial charge in [0.15, 0.2) is 0 Å². The molecule has 18 heavy (non-hydrogen) atoms. The molecule has 1 aliphatic rings. The molecule has 0 bridgehead atoms. The predicted molar refractivity (Wildman–Crippen MR) is 70.2 cm³/mol. The SMILES string of the molecule is O=C(NC1CC1)NC(CCCO)c1ccccc1. The molecule has 1 aromatic carbocycles. The summed E-state index contributed by atoms with van der Waals surface area (Å²) in [4.78, 5) is 11.8. The van der Waals surface area contributed by atoms with Gasteiger partial charge < -0.3 is 15.7 Å². The minimum atomic E-state index is -0.107. The first kappa shape index (κ1) is 12.9. The predicted octanol–water partition coefficient (Wildman–Crippen LogP) is 1.96.